The molecule has 2 aromatic rings. The number of hydrogen-bond donors (Lipinski definition) is 0. The summed E-state index contributed by atoms with van der Waals surface area (Å²) in [5.74, 6) is 0.853. The van der Waals surface area contributed by atoms with Gasteiger partial charge < -0.3 is 9.64 Å². The number of rotatable bonds is 5. The topological polar surface area (TPSA) is 41.5 Å². The molecule has 28 heavy (non-hydrogen) atoms. The van der Waals surface area contributed by atoms with Crippen LogP contribution in [0.1, 0.15) is 18.4 Å². The predicted molar refractivity (Wildman–Crippen MR) is 122 cm³/mol. The third-order valence-corrected chi connectivity index (χ3v) is 6.97. The zero-order valence-electron chi connectivity index (χ0n) is 15.9. The van der Waals surface area contributed by atoms with Crippen molar-refractivity contribution in [1.82, 2.24) is 14.9 Å². The smallest absolute Gasteiger partial charge is 0.225 e. The highest BCUT2D eigenvalue weighted by Crippen LogP contribution is 2.27. The molecule has 0 bridgehead atoms. The molecule has 0 N–H and O–H groups in total. The van der Waals surface area contributed by atoms with Crippen molar-refractivity contribution in [1.29, 1.82) is 0 Å². The molecular weight excluding hydrogens is 487 g/mol. The lowest BCUT2D eigenvalue weighted by atomic mass is 9.96. The second-order valence-corrected chi connectivity index (χ2v) is 8.88. The highest BCUT2D eigenvalue weighted by molar-refractivity contribution is 14.1. The Hall–Kier alpha value is -0.960. The molecule has 3 heterocycles. The summed E-state index contributed by atoms with van der Waals surface area (Å²) >= 11 is 8.50. The highest BCUT2D eigenvalue weighted by Gasteiger charge is 2.35. The van der Waals surface area contributed by atoms with E-state index in [2.05, 4.69) is 54.5 Å². The van der Waals surface area contributed by atoms with Gasteiger partial charge in [-0.05, 0) is 43.0 Å². The van der Waals surface area contributed by atoms with Gasteiger partial charge in [0.05, 0.1) is 12.7 Å². The Morgan fingerprint density at radius 3 is 2.50 bits per heavy atom. The minimum Gasteiger partial charge on any atom is -0.374 e. The largest absolute Gasteiger partial charge is 0.374 e. The fourth-order valence-electron chi connectivity index (χ4n) is 4.24. The quantitative estimate of drug-likeness (QED) is 0.450. The zero-order valence-corrected chi connectivity index (χ0v) is 18.8. The summed E-state index contributed by atoms with van der Waals surface area (Å²) in [7, 11) is 0. The lowest BCUT2D eigenvalue weighted by Crippen LogP contribution is -2.57. The van der Waals surface area contributed by atoms with Crippen LogP contribution in [-0.2, 0) is 11.2 Å². The van der Waals surface area contributed by atoms with Gasteiger partial charge in [-0.25, -0.2) is 9.97 Å². The fourth-order valence-corrected chi connectivity index (χ4v) is 4.90. The lowest BCUT2D eigenvalue weighted by Gasteiger charge is -2.46. The van der Waals surface area contributed by atoms with Crippen LogP contribution in [0.15, 0.2) is 42.7 Å². The number of anilines is 1. The third-order valence-electron chi connectivity index (χ3n) is 5.73. The molecule has 2 saturated heterocycles. The molecule has 2 aliphatic heterocycles. The van der Waals surface area contributed by atoms with E-state index in [1.807, 2.05) is 30.6 Å². The Morgan fingerprint density at radius 1 is 1.11 bits per heavy atom. The van der Waals surface area contributed by atoms with Crippen molar-refractivity contribution < 1.29 is 4.74 Å². The average molecular weight is 513 g/mol. The molecule has 1 aromatic carbocycles. The van der Waals surface area contributed by atoms with Crippen LogP contribution in [0, 0.1) is 0 Å². The molecular formula is C21H26ClIN4O. The van der Waals surface area contributed by atoms with Crippen molar-refractivity contribution in [3.05, 3.63) is 53.3 Å². The molecule has 0 unspecified atom stereocenters. The van der Waals surface area contributed by atoms with E-state index in [4.69, 9.17) is 16.3 Å². The number of aromatic nitrogens is 2. The Morgan fingerprint density at radius 2 is 1.82 bits per heavy atom. The standard InChI is InChI=1S/C21H26ClIN4O/c22-17-4-2-16(3-5-17)12-19-15-28-20(13-23)14-27(19)18-6-10-26(11-7-18)21-24-8-1-9-25-21/h1-5,8-9,18-20H,6-7,10-15H2/t19-,20-/m0/s1. The first-order chi connectivity index (χ1) is 13.7. The van der Waals surface area contributed by atoms with E-state index in [0.29, 0.717) is 18.2 Å². The van der Waals surface area contributed by atoms with Crippen LogP contribution >= 0.6 is 34.2 Å². The highest BCUT2D eigenvalue weighted by atomic mass is 127. The van der Waals surface area contributed by atoms with Gasteiger partial charge >= 0.3 is 0 Å². The van der Waals surface area contributed by atoms with Crippen molar-refractivity contribution >= 4 is 40.1 Å². The summed E-state index contributed by atoms with van der Waals surface area (Å²) in [6, 6.07) is 11.1. The van der Waals surface area contributed by atoms with E-state index in [0.717, 1.165) is 60.9 Å². The number of hydrogen-bond acceptors (Lipinski definition) is 5. The molecule has 0 saturated carbocycles. The van der Waals surface area contributed by atoms with Gasteiger partial charge in [-0.3, -0.25) is 4.90 Å². The van der Waals surface area contributed by atoms with Gasteiger partial charge in [0, 0.05) is 53.6 Å². The second kappa shape index (κ2) is 9.69. The molecule has 2 fully saturated rings. The van der Waals surface area contributed by atoms with Crippen molar-refractivity contribution in [2.75, 3.05) is 35.6 Å². The maximum atomic E-state index is 6.14. The number of benzene rings is 1. The molecule has 1 aromatic heterocycles. The van der Waals surface area contributed by atoms with Crippen LogP contribution in [0.4, 0.5) is 5.95 Å². The van der Waals surface area contributed by atoms with Crippen molar-refractivity contribution in [2.45, 2.75) is 37.5 Å². The SMILES string of the molecule is Clc1ccc(C[C@H]2CO[C@@H](CI)CN2C2CCN(c3ncccn3)CC2)cc1. The van der Waals surface area contributed by atoms with E-state index in [9.17, 15) is 0 Å². The number of halogens is 2. The lowest BCUT2D eigenvalue weighted by molar-refractivity contribution is -0.0715. The average Bonchev–Trinajstić information content (AvgIpc) is 2.76. The van der Waals surface area contributed by atoms with Gasteiger partial charge in [0.15, 0.2) is 0 Å². The first-order valence-electron chi connectivity index (χ1n) is 9.92. The number of nitrogens with zero attached hydrogens (tertiary/aromatic N) is 4. The summed E-state index contributed by atoms with van der Waals surface area (Å²) < 4.78 is 7.18. The van der Waals surface area contributed by atoms with E-state index in [-0.39, 0.29) is 0 Å². The molecule has 150 valence electrons. The first kappa shape index (κ1) is 20.3. The predicted octanol–water partition coefficient (Wildman–Crippen LogP) is 3.85. The number of morpholine rings is 1. The summed E-state index contributed by atoms with van der Waals surface area (Å²) in [6.07, 6.45) is 7.27. The van der Waals surface area contributed by atoms with Crippen molar-refractivity contribution in [3.8, 4) is 0 Å². The maximum Gasteiger partial charge on any atom is 0.225 e. The Balaban J connectivity index is 1.42. The van der Waals surface area contributed by atoms with Gasteiger partial charge in [-0.15, -0.1) is 0 Å². The Kier molecular flexibility index (Phi) is 7.03. The van der Waals surface area contributed by atoms with Gasteiger partial charge in [-0.1, -0.05) is 46.3 Å². The number of alkyl halides is 1. The van der Waals surface area contributed by atoms with Crippen LogP contribution in [0.5, 0.6) is 0 Å². The first-order valence-corrected chi connectivity index (χ1v) is 11.8. The van der Waals surface area contributed by atoms with Crippen LogP contribution in [0.3, 0.4) is 0 Å². The minimum absolute atomic E-state index is 0.331. The van der Waals surface area contributed by atoms with Crippen LogP contribution in [0.25, 0.3) is 0 Å². The number of piperidine rings is 1. The van der Waals surface area contributed by atoms with Gasteiger partial charge in [-0.2, -0.15) is 0 Å². The Bertz CT molecular complexity index is 740. The summed E-state index contributed by atoms with van der Waals surface area (Å²) in [4.78, 5) is 13.8. The van der Waals surface area contributed by atoms with E-state index < -0.39 is 0 Å². The molecule has 0 radical (unpaired) electrons. The second-order valence-electron chi connectivity index (χ2n) is 7.56. The molecule has 4 rings (SSSR count). The molecule has 7 heteroatoms. The minimum atomic E-state index is 0.331. The van der Waals surface area contributed by atoms with E-state index in [1.54, 1.807) is 0 Å². The van der Waals surface area contributed by atoms with E-state index in [1.165, 1.54) is 5.56 Å². The monoisotopic (exact) mass is 512 g/mol. The molecule has 0 aliphatic carbocycles. The van der Waals surface area contributed by atoms with Gasteiger partial charge in [0.2, 0.25) is 5.95 Å². The third kappa shape index (κ3) is 4.96. The molecule has 2 atom stereocenters. The molecule has 5 nitrogen and oxygen atoms in total. The molecule has 0 spiro atoms. The summed E-state index contributed by atoms with van der Waals surface area (Å²) in [5, 5.41) is 0.793. The summed E-state index contributed by atoms with van der Waals surface area (Å²) in [6.45, 7) is 3.84. The van der Waals surface area contributed by atoms with Crippen LogP contribution in [0.2, 0.25) is 5.02 Å². The maximum absolute atomic E-state index is 6.14. The molecule has 0 amide bonds. The molecule has 2 aliphatic rings. The van der Waals surface area contributed by atoms with Crippen molar-refractivity contribution in [3.63, 3.8) is 0 Å². The van der Waals surface area contributed by atoms with Gasteiger partial charge in [0.25, 0.3) is 0 Å². The Labute approximate surface area is 185 Å². The van der Waals surface area contributed by atoms with Gasteiger partial charge in [0.1, 0.15) is 0 Å². The summed E-state index contributed by atoms with van der Waals surface area (Å²) in [5.41, 5.74) is 1.33. The van der Waals surface area contributed by atoms with Crippen molar-refractivity contribution in [2.24, 2.45) is 0 Å². The fraction of sp³-hybridized carbons (Fsp3) is 0.524. The zero-order chi connectivity index (χ0) is 19.3. The van der Waals surface area contributed by atoms with Crippen LogP contribution < -0.4 is 4.90 Å². The number of ether oxygens (including phenoxy) is 1. The van der Waals surface area contributed by atoms with Crippen LogP contribution in [-0.4, -0.2) is 63.7 Å². The normalized spacial score (nSPS) is 24.4. The van der Waals surface area contributed by atoms with E-state index >= 15 is 0 Å².